The molecule has 1 aliphatic carbocycles. The molecule has 2 nitrogen and oxygen atoms in total. The summed E-state index contributed by atoms with van der Waals surface area (Å²) in [6, 6.07) is 0. The lowest BCUT2D eigenvalue weighted by Crippen LogP contribution is -2.30. The predicted molar refractivity (Wildman–Crippen MR) is 47.8 cm³/mol. The first kappa shape index (κ1) is 9.56. The summed E-state index contributed by atoms with van der Waals surface area (Å²) in [5, 5.41) is 0. The van der Waals surface area contributed by atoms with Crippen LogP contribution in [0.5, 0.6) is 0 Å². The van der Waals surface area contributed by atoms with E-state index in [1.54, 1.807) is 0 Å². The van der Waals surface area contributed by atoms with E-state index in [2.05, 4.69) is 6.92 Å². The van der Waals surface area contributed by atoms with Crippen LogP contribution in [0.15, 0.2) is 0 Å². The summed E-state index contributed by atoms with van der Waals surface area (Å²) in [5.41, 5.74) is 0.242. The molecule has 0 bridgehead atoms. The standard InChI is InChI=1S/C10H18O2/c1-8(12-9(2)11)10(3)6-4-5-7-10/h8H,4-7H2,1-3H3. The van der Waals surface area contributed by atoms with Crippen molar-refractivity contribution < 1.29 is 9.53 Å². The molecule has 0 aromatic heterocycles. The Balaban J connectivity index is 2.49. The molecule has 1 atom stereocenters. The zero-order valence-corrected chi connectivity index (χ0v) is 8.22. The van der Waals surface area contributed by atoms with Gasteiger partial charge in [-0.15, -0.1) is 0 Å². The maximum absolute atomic E-state index is 10.7. The lowest BCUT2D eigenvalue weighted by Gasteiger charge is -2.30. The molecule has 1 rings (SSSR count). The van der Waals surface area contributed by atoms with Crippen LogP contribution >= 0.6 is 0 Å². The molecule has 1 unspecified atom stereocenters. The Morgan fingerprint density at radius 1 is 1.42 bits per heavy atom. The Hall–Kier alpha value is -0.530. The molecule has 0 radical (unpaired) electrons. The Kier molecular flexibility index (Phi) is 2.76. The number of ether oxygens (including phenoxy) is 1. The second-order valence-electron chi connectivity index (χ2n) is 4.11. The van der Waals surface area contributed by atoms with Crippen LogP contribution in [0.2, 0.25) is 0 Å². The lowest BCUT2D eigenvalue weighted by atomic mass is 9.83. The van der Waals surface area contributed by atoms with Crippen LogP contribution < -0.4 is 0 Å². The van der Waals surface area contributed by atoms with Crippen molar-refractivity contribution in [3.05, 3.63) is 0 Å². The van der Waals surface area contributed by atoms with Crippen molar-refractivity contribution in [3.8, 4) is 0 Å². The Labute approximate surface area is 74.3 Å². The molecule has 0 heterocycles. The molecule has 0 amide bonds. The SMILES string of the molecule is CC(=O)OC(C)C1(C)CCCC1. The van der Waals surface area contributed by atoms with Gasteiger partial charge in [0.25, 0.3) is 0 Å². The summed E-state index contributed by atoms with van der Waals surface area (Å²) in [5.74, 6) is -0.157. The molecule has 0 aromatic rings. The molecule has 0 spiro atoms. The average molecular weight is 170 g/mol. The first-order valence-electron chi connectivity index (χ1n) is 4.72. The van der Waals surface area contributed by atoms with E-state index < -0.39 is 0 Å². The molecule has 2 heteroatoms. The summed E-state index contributed by atoms with van der Waals surface area (Å²) in [4.78, 5) is 10.7. The van der Waals surface area contributed by atoms with Gasteiger partial charge in [-0.3, -0.25) is 4.79 Å². The third-order valence-corrected chi connectivity index (χ3v) is 3.07. The van der Waals surface area contributed by atoms with E-state index in [1.807, 2.05) is 6.92 Å². The molecular weight excluding hydrogens is 152 g/mol. The van der Waals surface area contributed by atoms with Crippen molar-refractivity contribution in [2.24, 2.45) is 5.41 Å². The zero-order valence-electron chi connectivity index (χ0n) is 8.22. The average Bonchev–Trinajstić information content (AvgIpc) is 2.36. The fourth-order valence-corrected chi connectivity index (χ4v) is 1.98. The van der Waals surface area contributed by atoms with Crippen LogP contribution in [0, 0.1) is 5.41 Å². The minimum atomic E-state index is -0.157. The van der Waals surface area contributed by atoms with Crippen LogP contribution in [-0.2, 0) is 9.53 Å². The van der Waals surface area contributed by atoms with Crippen LogP contribution in [0.1, 0.15) is 46.5 Å². The highest BCUT2D eigenvalue weighted by molar-refractivity contribution is 5.66. The van der Waals surface area contributed by atoms with Gasteiger partial charge in [-0.1, -0.05) is 19.8 Å². The van der Waals surface area contributed by atoms with Crippen LogP contribution in [-0.4, -0.2) is 12.1 Å². The molecule has 1 saturated carbocycles. The van der Waals surface area contributed by atoms with Gasteiger partial charge in [0, 0.05) is 12.3 Å². The fourth-order valence-electron chi connectivity index (χ4n) is 1.98. The van der Waals surface area contributed by atoms with Crippen molar-refractivity contribution >= 4 is 5.97 Å². The normalized spacial score (nSPS) is 23.6. The molecule has 0 aromatic carbocycles. The topological polar surface area (TPSA) is 26.3 Å². The van der Waals surface area contributed by atoms with E-state index in [9.17, 15) is 4.79 Å². The minimum absolute atomic E-state index is 0.0810. The van der Waals surface area contributed by atoms with Crippen molar-refractivity contribution in [3.63, 3.8) is 0 Å². The Morgan fingerprint density at radius 3 is 2.33 bits per heavy atom. The Bertz CT molecular complexity index is 169. The first-order chi connectivity index (χ1) is 5.54. The van der Waals surface area contributed by atoms with E-state index in [4.69, 9.17) is 4.74 Å². The van der Waals surface area contributed by atoms with Gasteiger partial charge >= 0.3 is 5.97 Å². The van der Waals surface area contributed by atoms with Crippen LogP contribution in [0.3, 0.4) is 0 Å². The summed E-state index contributed by atoms with van der Waals surface area (Å²) >= 11 is 0. The molecule has 0 saturated heterocycles. The lowest BCUT2D eigenvalue weighted by molar-refractivity contribution is -0.151. The van der Waals surface area contributed by atoms with Crippen molar-refractivity contribution in [1.82, 2.24) is 0 Å². The molecule has 0 aliphatic heterocycles. The number of rotatable bonds is 2. The van der Waals surface area contributed by atoms with Crippen molar-refractivity contribution in [2.75, 3.05) is 0 Å². The Morgan fingerprint density at radius 2 is 1.92 bits per heavy atom. The monoisotopic (exact) mass is 170 g/mol. The van der Waals surface area contributed by atoms with Gasteiger partial charge in [-0.25, -0.2) is 0 Å². The highest BCUT2D eigenvalue weighted by atomic mass is 16.5. The van der Waals surface area contributed by atoms with Crippen molar-refractivity contribution in [1.29, 1.82) is 0 Å². The highest BCUT2D eigenvalue weighted by Gasteiger charge is 2.36. The van der Waals surface area contributed by atoms with E-state index in [0.29, 0.717) is 0 Å². The molecule has 1 fully saturated rings. The second kappa shape index (κ2) is 3.46. The van der Waals surface area contributed by atoms with E-state index in [1.165, 1.54) is 32.6 Å². The number of hydrogen-bond donors (Lipinski definition) is 0. The van der Waals surface area contributed by atoms with E-state index in [-0.39, 0.29) is 17.5 Å². The molecule has 12 heavy (non-hydrogen) atoms. The number of carbonyl (C=O) groups is 1. The number of hydrogen-bond acceptors (Lipinski definition) is 2. The van der Waals surface area contributed by atoms with Gasteiger partial charge in [0.15, 0.2) is 0 Å². The maximum atomic E-state index is 10.7. The van der Waals surface area contributed by atoms with Gasteiger partial charge in [-0.05, 0) is 19.8 Å². The fraction of sp³-hybridized carbons (Fsp3) is 0.900. The molecule has 1 aliphatic rings. The van der Waals surface area contributed by atoms with Crippen LogP contribution in [0.25, 0.3) is 0 Å². The number of carbonyl (C=O) groups excluding carboxylic acids is 1. The number of esters is 1. The minimum Gasteiger partial charge on any atom is -0.462 e. The summed E-state index contributed by atoms with van der Waals surface area (Å²) in [6.07, 6.45) is 5.03. The smallest absolute Gasteiger partial charge is 0.302 e. The summed E-state index contributed by atoms with van der Waals surface area (Å²) < 4.78 is 5.20. The summed E-state index contributed by atoms with van der Waals surface area (Å²) in [7, 11) is 0. The van der Waals surface area contributed by atoms with Gasteiger partial charge in [0.2, 0.25) is 0 Å². The third kappa shape index (κ3) is 1.99. The highest BCUT2D eigenvalue weighted by Crippen LogP contribution is 2.41. The van der Waals surface area contributed by atoms with E-state index in [0.717, 1.165) is 0 Å². The summed E-state index contributed by atoms with van der Waals surface area (Å²) in [6.45, 7) is 5.70. The van der Waals surface area contributed by atoms with Gasteiger partial charge < -0.3 is 4.74 Å². The van der Waals surface area contributed by atoms with E-state index >= 15 is 0 Å². The van der Waals surface area contributed by atoms with Crippen molar-refractivity contribution in [2.45, 2.75) is 52.6 Å². The van der Waals surface area contributed by atoms with Gasteiger partial charge in [0.1, 0.15) is 6.10 Å². The molecule has 0 N–H and O–H groups in total. The quantitative estimate of drug-likeness (QED) is 0.595. The van der Waals surface area contributed by atoms with Crippen LogP contribution in [0.4, 0.5) is 0 Å². The molecule has 70 valence electrons. The van der Waals surface area contributed by atoms with Gasteiger partial charge in [-0.2, -0.15) is 0 Å². The maximum Gasteiger partial charge on any atom is 0.302 e. The predicted octanol–water partition coefficient (Wildman–Crippen LogP) is 2.52. The first-order valence-corrected chi connectivity index (χ1v) is 4.72. The van der Waals surface area contributed by atoms with Gasteiger partial charge in [0.05, 0.1) is 0 Å². The molecular formula is C10H18O2. The largest absolute Gasteiger partial charge is 0.462 e. The third-order valence-electron chi connectivity index (χ3n) is 3.07. The second-order valence-corrected chi connectivity index (χ2v) is 4.11. The zero-order chi connectivity index (χ0) is 9.19.